The average Bonchev–Trinajstić information content (AvgIpc) is 2.83. The standard InChI is InChI=1S/C11H10BrClN2O3S/c12-7-1-3-9(13)10(5-7)15-19(16,17)11-4-2-8(6-14)18-11/h1-5,15H,6,14H2. The van der Waals surface area contributed by atoms with Crippen LogP contribution >= 0.6 is 27.5 Å². The fraction of sp³-hybridized carbons (Fsp3) is 0.0909. The van der Waals surface area contributed by atoms with Crippen molar-refractivity contribution in [2.24, 2.45) is 5.73 Å². The molecule has 0 amide bonds. The van der Waals surface area contributed by atoms with Gasteiger partial charge in [0.05, 0.1) is 17.3 Å². The Labute approximate surface area is 123 Å². The van der Waals surface area contributed by atoms with Crippen molar-refractivity contribution in [1.82, 2.24) is 0 Å². The van der Waals surface area contributed by atoms with Crippen molar-refractivity contribution in [3.63, 3.8) is 0 Å². The molecule has 1 heterocycles. The van der Waals surface area contributed by atoms with Crippen LogP contribution in [-0.4, -0.2) is 8.42 Å². The second kappa shape index (κ2) is 5.54. The molecule has 5 nitrogen and oxygen atoms in total. The third kappa shape index (κ3) is 3.30. The van der Waals surface area contributed by atoms with Crippen molar-refractivity contribution in [3.8, 4) is 0 Å². The van der Waals surface area contributed by atoms with Crippen LogP contribution in [0.2, 0.25) is 5.02 Å². The highest BCUT2D eigenvalue weighted by Crippen LogP contribution is 2.28. The molecular weight excluding hydrogens is 356 g/mol. The largest absolute Gasteiger partial charge is 0.446 e. The number of furan rings is 1. The van der Waals surface area contributed by atoms with E-state index in [0.717, 1.165) is 0 Å². The SMILES string of the molecule is NCc1ccc(S(=O)(=O)Nc2cc(Br)ccc2Cl)o1. The molecule has 0 spiro atoms. The molecule has 8 heteroatoms. The Morgan fingerprint density at radius 2 is 2.05 bits per heavy atom. The van der Waals surface area contributed by atoms with E-state index in [4.69, 9.17) is 21.8 Å². The van der Waals surface area contributed by atoms with Crippen LogP contribution in [0.5, 0.6) is 0 Å². The smallest absolute Gasteiger partial charge is 0.295 e. The minimum absolute atomic E-state index is 0.132. The van der Waals surface area contributed by atoms with Crippen molar-refractivity contribution < 1.29 is 12.8 Å². The number of benzene rings is 1. The first-order valence-corrected chi connectivity index (χ1v) is 7.84. The maximum Gasteiger partial charge on any atom is 0.295 e. The first kappa shape index (κ1) is 14.4. The fourth-order valence-corrected chi connectivity index (χ4v) is 2.99. The number of hydrogen-bond donors (Lipinski definition) is 2. The monoisotopic (exact) mass is 364 g/mol. The molecule has 19 heavy (non-hydrogen) atoms. The molecule has 0 radical (unpaired) electrons. The zero-order chi connectivity index (χ0) is 14.0. The minimum Gasteiger partial charge on any atom is -0.446 e. The van der Waals surface area contributed by atoms with Crippen LogP contribution in [0.15, 0.2) is 44.3 Å². The molecule has 1 aromatic heterocycles. The lowest BCUT2D eigenvalue weighted by Gasteiger charge is -2.08. The van der Waals surface area contributed by atoms with E-state index in [1.54, 1.807) is 18.2 Å². The molecule has 2 rings (SSSR count). The van der Waals surface area contributed by atoms with Gasteiger partial charge in [0.1, 0.15) is 5.76 Å². The highest BCUT2D eigenvalue weighted by atomic mass is 79.9. The van der Waals surface area contributed by atoms with Crippen LogP contribution in [0.3, 0.4) is 0 Å². The Kier molecular flexibility index (Phi) is 4.19. The lowest BCUT2D eigenvalue weighted by atomic mass is 10.3. The maximum absolute atomic E-state index is 12.1. The van der Waals surface area contributed by atoms with E-state index in [2.05, 4.69) is 20.7 Å². The summed E-state index contributed by atoms with van der Waals surface area (Å²) in [7, 11) is -3.82. The van der Waals surface area contributed by atoms with Gasteiger partial charge in [-0.2, -0.15) is 8.42 Å². The quantitative estimate of drug-likeness (QED) is 0.872. The Bertz CT molecular complexity index is 700. The number of halogens is 2. The zero-order valence-electron chi connectivity index (χ0n) is 9.56. The van der Waals surface area contributed by atoms with Crippen LogP contribution in [0.1, 0.15) is 5.76 Å². The number of anilines is 1. The van der Waals surface area contributed by atoms with Crippen LogP contribution in [-0.2, 0) is 16.6 Å². The topological polar surface area (TPSA) is 85.3 Å². The van der Waals surface area contributed by atoms with E-state index in [1.165, 1.54) is 12.1 Å². The first-order valence-electron chi connectivity index (χ1n) is 5.19. The number of sulfonamides is 1. The van der Waals surface area contributed by atoms with Gasteiger partial charge in [-0.1, -0.05) is 27.5 Å². The molecule has 102 valence electrons. The summed E-state index contributed by atoms with van der Waals surface area (Å²) in [6.45, 7) is 0.132. The summed E-state index contributed by atoms with van der Waals surface area (Å²) in [6.07, 6.45) is 0. The Morgan fingerprint density at radius 1 is 1.32 bits per heavy atom. The molecule has 0 aliphatic heterocycles. The van der Waals surface area contributed by atoms with Gasteiger partial charge in [0, 0.05) is 4.47 Å². The van der Waals surface area contributed by atoms with Crippen LogP contribution in [0.25, 0.3) is 0 Å². The molecule has 0 saturated heterocycles. The second-order valence-electron chi connectivity index (χ2n) is 3.65. The molecule has 0 aliphatic carbocycles. The number of nitrogens with one attached hydrogen (secondary N) is 1. The van der Waals surface area contributed by atoms with Crippen molar-refractivity contribution in [2.75, 3.05) is 4.72 Å². The lowest BCUT2D eigenvalue weighted by Crippen LogP contribution is -2.12. The Balaban J connectivity index is 2.33. The van der Waals surface area contributed by atoms with Crippen LogP contribution in [0.4, 0.5) is 5.69 Å². The predicted molar refractivity (Wildman–Crippen MR) is 76.6 cm³/mol. The number of rotatable bonds is 4. The molecule has 0 saturated carbocycles. The summed E-state index contributed by atoms with van der Waals surface area (Å²) >= 11 is 9.17. The Morgan fingerprint density at radius 3 is 2.68 bits per heavy atom. The normalized spacial score (nSPS) is 11.5. The summed E-state index contributed by atoms with van der Waals surface area (Å²) in [5.41, 5.74) is 5.63. The van der Waals surface area contributed by atoms with E-state index >= 15 is 0 Å². The molecule has 1 aromatic carbocycles. The van der Waals surface area contributed by atoms with Crippen molar-refractivity contribution >= 4 is 43.2 Å². The molecular formula is C11H10BrClN2O3S. The molecule has 0 atom stereocenters. The average molecular weight is 366 g/mol. The lowest BCUT2D eigenvalue weighted by molar-refractivity contribution is 0.417. The molecule has 3 N–H and O–H groups in total. The summed E-state index contributed by atoms with van der Waals surface area (Å²) in [6, 6.07) is 7.71. The van der Waals surface area contributed by atoms with E-state index in [0.29, 0.717) is 10.2 Å². The third-order valence-electron chi connectivity index (χ3n) is 2.28. The van der Waals surface area contributed by atoms with Gasteiger partial charge in [-0.05, 0) is 30.3 Å². The first-order chi connectivity index (χ1) is 8.92. The van der Waals surface area contributed by atoms with Gasteiger partial charge < -0.3 is 10.2 Å². The van der Waals surface area contributed by atoms with Gasteiger partial charge in [0.2, 0.25) is 5.09 Å². The number of nitrogens with two attached hydrogens (primary N) is 1. The predicted octanol–water partition coefficient (Wildman–Crippen LogP) is 2.96. The van der Waals surface area contributed by atoms with Gasteiger partial charge in [-0.25, -0.2) is 0 Å². The minimum atomic E-state index is -3.82. The van der Waals surface area contributed by atoms with Gasteiger partial charge in [0.15, 0.2) is 0 Å². The van der Waals surface area contributed by atoms with E-state index in [-0.39, 0.29) is 22.3 Å². The van der Waals surface area contributed by atoms with Gasteiger partial charge in [-0.3, -0.25) is 4.72 Å². The van der Waals surface area contributed by atoms with Gasteiger partial charge in [0.25, 0.3) is 10.0 Å². The molecule has 0 aliphatic rings. The van der Waals surface area contributed by atoms with Gasteiger partial charge >= 0.3 is 0 Å². The van der Waals surface area contributed by atoms with Gasteiger partial charge in [-0.15, -0.1) is 0 Å². The Hall–Kier alpha value is -1.02. The maximum atomic E-state index is 12.1. The van der Waals surface area contributed by atoms with Crippen molar-refractivity contribution in [2.45, 2.75) is 11.6 Å². The van der Waals surface area contributed by atoms with Crippen molar-refractivity contribution in [1.29, 1.82) is 0 Å². The summed E-state index contributed by atoms with van der Waals surface area (Å²) in [4.78, 5) is 0. The van der Waals surface area contributed by atoms with E-state index in [9.17, 15) is 8.42 Å². The summed E-state index contributed by atoms with van der Waals surface area (Å²) < 4.78 is 32.3. The number of hydrogen-bond acceptors (Lipinski definition) is 4. The van der Waals surface area contributed by atoms with Crippen LogP contribution in [0, 0.1) is 0 Å². The van der Waals surface area contributed by atoms with E-state index in [1.807, 2.05) is 0 Å². The van der Waals surface area contributed by atoms with Crippen LogP contribution < -0.4 is 10.5 Å². The van der Waals surface area contributed by atoms with E-state index < -0.39 is 10.0 Å². The zero-order valence-corrected chi connectivity index (χ0v) is 12.7. The second-order valence-corrected chi connectivity index (χ2v) is 6.59. The summed E-state index contributed by atoms with van der Waals surface area (Å²) in [5, 5.41) is 0.0846. The third-order valence-corrected chi connectivity index (χ3v) is 4.34. The molecule has 0 fully saturated rings. The fourth-order valence-electron chi connectivity index (χ4n) is 1.38. The molecule has 0 unspecified atom stereocenters. The van der Waals surface area contributed by atoms with Crippen molar-refractivity contribution in [3.05, 3.63) is 45.6 Å². The molecule has 2 aromatic rings. The highest BCUT2D eigenvalue weighted by molar-refractivity contribution is 9.10. The highest BCUT2D eigenvalue weighted by Gasteiger charge is 2.20. The molecule has 0 bridgehead atoms. The summed E-state index contributed by atoms with van der Waals surface area (Å²) in [5.74, 6) is 0.390.